The van der Waals surface area contributed by atoms with E-state index in [0.717, 1.165) is 12.8 Å². The number of carbonyl (C=O) groups is 2. The molecule has 1 unspecified atom stereocenters. The molecule has 9 nitrogen and oxygen atoms in total. The number of amides is 2. The molecule has 188 valence electrons. The van der Waals surface area contributed by atoms with Crippen LogP contribution in [0.3, 0.4) is 0 Å². The number of sulfonamides is 2. The van der Waals surface area contributed by atoms with Crippen LogP contribution in [-0.2, 0) is 36.1 Å². The number of hydrogen-bond donors (Lipinski definition) is 1. The van der Waals surface area contributed by atoms with Crippen LogP contribution in [0.2, 0.25) is 0 Å². The third kappa shape index (κ3) is 5.52. The van der Waals surface area contributed by atoms with Crippen LogP contribution in [0.5, 0.6) is 0 Å². The smallest absolute Gasteiger partial charge is 0.252 e. The van der Waals surface area contributed by atoms with Gasteiger partial charge in [-0.25, -0.2) is 26.9 Å². The number of primary sulfonamides is 1. The molecule has 3 aromatic carbocycles. The van der Waals surface area contributed by atoms with E-state index < -0.39 is 37.9 Å². The molecule has 2 N–H and O–H groups in total. The summed E-state index contributed by atoms with van der Waals surface area (Å²) in [4.78, 5) is 27.2. The lowest BCUT2D eigenvalue weighted by atomic mass is 10.1. The van der Waals surface area contributed by atoms with Gasteiger partial charge < -0.3 is 0 Å². The molecule has 1 heterocycles. The van der Waals surface area contributed by atoms with Gasteiger partial charge in [-0.3, -0.25) is 9.59 Å². The van der Waals surface area contributed by atoms with Crippen molar-refractivity contribution in [2.75, 3.05) is 11.4 Å². The fourth-order valence-corrected chi connectivity index (χ4v) is 6.44. The van der Waals surface area contributed by atoms with E-state index in [1.807, 2.05) is 0 Å². The van der Waals surface area contributed by atoms with Gasteiger partial charge in [0.15, 0.2) is 0 Å². The maximum atomic E-state index is 13.6. The van der Waals surface area contributed by atoms with Crippen molar-refractivity contribution in [2.45, 2.75) is 28.7 Å². The molecule has 1 atom stereocenters. The van der Waals surface area contributed by atoms with E-state index in [2.05, 4.69) is 22.6 Å². The molecule has 1 aliphatic heterocycles. The Labute approximate surface area is 223 Å². The highest BCUT2D eigenvalue weighted by atomic mass is 127. The minimum atomic E-state index is -4.14. The van der Waals surface area contributed by atoms with E-state index in [1.54, 1.807) is 42.5 Å². The van der Waals surface area contributed by atoms with Gasteiger partial charge >= 0.3 is 0 Å². The van der Waals surface area contributed by atoms with Gasteiger partial charge in [-0.1, -0.05) is 30.3 Å². The second kappa shape index (κ2) is 10.4. The first kappa shape index (κ1) is 26.4. The number of nitrogens with zero attached hydrogens (tertiary/aromatic N) is 2. The van der Waals surface area contributed by atoms with Crippen LogP contribution in [0.1, 0.15) is 12.0 Å². The van der Waals surface area contributed by atoms with Crippen LogP contribution >= 0.6 is 22.6 Å². The van der Waals surface area contributed by atoms with Crippen molar-refractivity contribution in [3.05, 3.63) is 88.0 Å². The lowest BCUT2D eigenvalue weighted by molar-refractivity contribution is -0.122. The molecule has 1 aliphatic rings. The summed E-state index contributed by atoms with van der Waals surface area (Å²) in [6, 6.07) is 19.0. The Morgan fingerprint density at radius 3 is 2.06 bits per heavy atom. The second-order valence-electron chi connectivity index (χ2n) is 8.13. The summed E-state index contributed by atoms with van der Waals surface area (Å²) >= 11 is 2.11. The van der Waals surface area contributed by atoms with Crippen LogP contribution in [0.25, 0.3) is 0 Å². The molecule has 12 heteroatoms. The van der Waals surface area contributed by atoms with Crippen molar-refractivity contribution in [1.82, 2.24) is 4.31 Å². The van der Waals surface area contributed by atoms with E-state index in [0.29, 0.717) is 11.3 Å². The average molecular weight is 639 g/mol. The van der Waals surface area contributed by atoms with Crippen molar-refractivity contribution in [3.8, 4) is 0 Å². The normalized spacial score (nSPS) is 16.6. The van der Waals surface area contributed by atoms with Gasteiger partial charge in [-0.05, 0) is 83.1 Å². The zero-order chi connectivity index (χ0) is 26.1. The number of nitrogens with two attached hydrogens (primary N) is 1. The minimum Gasteiger partial charge on any atom is -0.274 e. The monoisotopic (exact) mass is 639 g/mol. The predicted molar refractivity (Wildman–Crippen MR) is 142 cm³/mol. The van der Waals surface area contributed by atoms with Crippen LogP contribution in [0.4, 0.5) is 5.69 Å². The molecule has 0 bridgehead atoms. The minimum absolute atomic E-state index is 0.00235. The summed E-state index contributed by atoms with van der Waals surface area (Å²) in [7, 11) is -8.00. The SMILES string of the molecule is NS(=O)(=O)c1ccc(CCN(C2CC(=O)N(c3ccc(I)cc3)C2=O)S(=O)(=O)c2ccccc2)cc1. The molecule has 0 saturated carbocycles. The first-order chi connectivity index (χ1) is 17.0. The van der Waals surface area contributed by atoms with Gasteiger partial charge in [0.2, 0.25) is 26.0 Å². The summed E-state index contributed by atoms with van der Waals surface area (Å²) in [5.74, 6) is -1.11. The van der Waals surface area contributed by atoms with Gasteiger partial charge in [-0.2, -0.15) is 4.31 Å². The quantitative estimate of drug-likeness (QED) is 0.298. The highest BCUT2D eigenvalue weighted by molar-refractivity contribution is 14.1. The third-order valence-electron chi connectivity index (χ3n) is 5.78. The number of carbonyl (C=O) groups excluding carboxylic acids is 2. The van der Waals surface area contributed by atoms with Gasteiger partial charge in [-0.15, -0.1) is 0 Å². The maximum Gasteiger partial charge on any atom is 0.252 e. The Kier molecular flexibility index (Phi) is 7.61. The Bertz CT molecular complexity index is 1490. The maximum absolute atomic E-state index is 13.6. The largest absolute Gasteiger partial charge is 0.274 e. The summed E-state index contributed by atoms with van der Waals surface area (Å²) < 4.78 is 52.3. The fourth-order valence-electron chi connectivity index (χ4n) is 3.96. The topological polar surface area (TPSA) is 135 Å². The van der Waals surface area contributed by atoms with Crippen LogP contribution in [-0.4, -0.2) is 45.5 Å². The zero-order valence-corrected chi connectivity index (χ0v) is 22.6. The number of halogens is 1. The Balaban J connectivity index is 1.66. The van der Waals surface area contributed by atoms with E-state index in [4.69, 9.17) is 5.14 Å². The Hall–Kier alpha value is -2.65. The van der Waals surface area contributed by atoms with E-state index >= 15 is 0 Å². The first-order valence-corrected chi connectivity index (χ1v) is 14.9. The van der Waals surface area contributed by atoms with Gasteiger partial charge in [0, 0.05) is 10.1 Å². The number of benzene rings is 3. The second-order valence-corrected chi connectivity index (χ2v) is 12.8. The summed E-state index contributed by atoms with van der Waals surface area (Å²) in [5, 5.41) is 5.14. The lowest BCUT2D eigenvalue weighted by Gasteiger charge is -2.27. The average Bonchev–Trinajstić information content (AvgIpc) is 3.13. The molecular weight excluding hydrogens is 617 g/mol. The molecule has 36 heavy (non-hydrogen) atoms. The molecule has 4 rings (SSSR count). The lowest BCUT2D eigenvalue weighted by Crippen LogP contribution is -2.46. The molecule has 0 aromatic heterocycles. The van der Waals surface area contributed by atoms with Crippen LogP contribution in [0.15, 0.2) is 88.7 Å². The summed E-state index contributed by atoms with van der Waals surface area (Å²) in [5.41, 5.74) is 1.02. The number of imide groups is 1. The van der Waals surface area contributed by atoms with Crippen molar-refractivity contribution in [3.63, 3.8) is 0 Å². The molecule has 3 aromatic rings. The van der Waals surface area contributed by atoms with E-state index in [9.17, 15) is 26.4 Å². The third-order valence-corrected chi connectivity index (χ3v) is 9.35. The molecule has 1 saturated heterocycles. The summed E-state index contributed by atoms with van der Waals surface area (Å²) in [6.07, 6.45) is -0.111. The number of anilines is 1. The van der Waals surface area contributed by atoms with Crippen LogP contribution in [0, 0.1) is 3.57 Å². The van der Waals surface area contributed by atoms with Gasteiger partial charge in [0.05, 0.1) is 21.9 Å². The molecule has 0 radical (unpaired) electrons. The molecule has 0 spiro atoms. The number of hydrogen-bond acceptors (Lipinski definition) is 6. The standard InChI is InChI=1S/C24H22IN3O6S2/c25-18-8-10-19(11-9-18)28-23(29)16-22(24(28)30)27(36(33,34)21-4-2-1-3-5-21)15-14-17-6-12-20(13-7-17)35(26,31)32/h1-13,22H,14-16H2,(H2,26,31,32). The van der Waals surface area contributed by atoms with Gasteiger partial charge in [0.1, 0.15) is 6.04 Å². The molecular formula is C24H22IN3O6S2. The first-order valence-electron chi connectivity index (χ1n) is 10.8. The van der Waals surface area contributed by atoms with Crippen molar-refractivity contribution in [1.29, 1.82) is 0 Å². The zero-order valence-electron chi connectivity index (χ0n) is 18.8. The van der Waals surface area contributed by atoms with E-state index in [-0.39, 0.29) is 29.2 Å². The van der Waals surface area contributed by atoms with Crippen molar-refractivity contribution >= 4 is 60.1 Å². The Morgan fingerprint density at radius 1 is 0.861 bits per heavy atom. The Morgan fingerprint density at radius 2 is 1.47 bits per heavy atom. The van der Waals surface area contributed by atoms with Crippen molar-refractivity contribution < 1.29 is 26.4 Å². The summed E-state index contributed by atoms with van der Waals surface area (Å²) in [6.45, 7) is -0.101. The van der Waals surface area contributed by atoms with E-state index in [1.165, 1.54) is 36.4 Å². The van der Waals surface area contributed by atoms with Crippen molar-refractivity contribution in [2.24, 2.45) is 5.14 Å². The predicted octanol–water partition coefficient (Wildman–Crippen LogP) is 2.50. The number of rotatable bonds is 8. The molecule has 0 aliphatic carbocycles. The van der Waals surface area contributed by atoms with Gasteiger partial charge in [0.25, 0.3) is 5.91 Å². The highest BCUT2D eigenvalue weighted by Crippen LogP contribution is 2.30. The van der Waals surface area contributed by atoms with Crippen LogP contribution < -0.4 is 10.0 Å². The molecule has 2 amide bonds. The molecule has 1 fully saturated rings. The highest BCUT2D eigenvalue weighted by Gasteiger charge is 2.46. The fraction of sp³-hybridized carbons (Fsp3) is 0.167.